The van der Waals surface area contributed by atoms with Crippen LogP contribution in [-0.4, -0.2) is 0 Å². The second-order valence-corrected chi connectivity index (χ2v) is 11.6. The first-order valence-electron chi connectivity index (χ1n) is 13.6. The third-order valence-corrected chi connectivity index (χ3v) is 9.26. The Bertz CT molecular complexity index is 2190. The Morgan fingerprint density at radius 1 is 0.538 bits per heavy atom. The van der Waals surface area contributed by atoms with Gasteiger partial charge in [-0.15, -0.1) is 11.3 Å². The van der Waals surface area contributed by atoms with E-state index >= 15 is 0 Å². The third kappa shape index (κ3) is 3.75. The maximum Gasteiger partial charge on any atom is 0.136 e. The molecule has 1 nitrogen and oxygen atoms in total. The van der Waals surface area contributed by atoms with Gasteiger partial charge in [0.05, 0.1) is 0 Å². The predicted molar refractivity (Wildman–Crippen MR) is 168 cm³/mol. The summed E-state index contributed by atoms with van der Waals surface area (Å²) < 4.78 is 8.97. The highest BCUT2D eigenvalue weighted by Crippen LogP contribution is 2.40. The van der Waals surface area contributed by atoms with Gasteiger partial charge < -0.3 is 4.42 Å². The van der Waals surface area contributed by atoms with Crippen LogP contribution >= 0.6 is 11.3 Å². The fourth-order valence-electron chi connectivity index (χ4n) is 6.09. The van der Waals surface area contributed by atoms with E-state index in [9.17, 15) is 0 Å². The van der Waals surface area contributed by atoms with E-state index < -0.39 is 0 Å². The fraction of sp³-hybridized carbons (Fsp3) is 0.0811. The smallest absolute Gasteiger partial charge is 0.136 e. The number of thiophene rings is 1. The molecule has 0 saturated heterocycles. The minimum absolute atomic E-state index is 0.955. The molecule has 39 heavy (non-hydrogen) atoms. The molecule has 2 heteroatoms. The zero-order valence-corrected chi connectivity index (χ0v) is 22.5. The van der Waals surface area contributed by atoms with Crippen molar-refractivity contribution in [3.8, 4) is 11.1 Å². The van der Waals surface area contributed by atoms with Gasteiger partial charge in [-0.2, -0.15) is 0 Å². The molecule has 0 N–H and O–H groups in total. The van der Waals surface area contributed by atoms with Crippen LogP contribution in [0.15, 0.2) is 120 Å². The number of hydrogen-bond donors (Lipinski definition) is 0. The SMILES string of the molecule is Cc1ccccc1-c1cc2c(cc1CCc1ccc3oc4cc5ccccc5cc4c3c1)sc1ccccc12. The largest absolute Gasteiger partial charge is 0.456 e. The molecule has 0 aliphatic carbocycles. The van der Waals surface area contributed by atoms with Gasteiger partial charge in [-0.3, -0.25) is 0 Å². The van der Waals surface area contributed by atoms with Gasteiger partial charge in [0, 0.05) is 30.9 Å². The van der Waals surface area contributed by atoms with Gasteiger partial charge in [-0.05, 0) is 101 Å². The topological polar surface area (TPSA) is 13.1 Å². The number of fused-ring (bicyclic) bond motifs is 7. The highest BCUT2D eigenvalue weighted by atomic mass is 32.1. The van der Waals surface area contributed by atoms with E-state index in [2.05, 4.69) is 122 Å². The number of hydrogen-bond acceptors (Lipinski definition) is 2. The van der Waals surface area contributed by atoms with Crippen molar-refractivity contribution in [1.29, 1.82) is 0 Å². The van der Waals surface area contributed by atoms with E-state index in [1.807, 2.05) is 11.3 Å². The molecule has 0 aliphatic rings. The van der Waals surface area contributed by atoms with Gasteiger partial charge in [-0.25, -0.2) is 0 Å². The van der Waals surface area contributed by atoms with Crippen LogP contribution in [0, 0.1) is 6.92 Å². The molecular weight excluding hydrogens is 492 g/mol. The Kier molecular flexibility index (Phi) is 5.11. The standard InChI is InChI=1S/C37H26OS/c1-23-8-2-5-11-28(23)30-22-33-29-12-6-7-13-36(29)39-37(33)21-27(30)16-14-24-15-17-34-31(18-24)32-19-25-9-3-4-10-26(25)20-35(32)38-34/h2-13,15,17-22H,14,16H2,1H3. The summed E-state index contributed by atoms with van der Waals surface area (Å²) in [6.45, 7) is 2.22. The molecule has 0 saturated carbocycles. The lowest BCUT2D eigenvalue weighted by atomic mass is 9.91. The maximum absolute atomic E-state index is 6.25. The molecule has 6 aromatic carbocycles. The normalized spacial score (nSPS) is 11.9. The molecule has 0 bridgehead atoms. The predicted octanol–water partition coefficient (Wildman–Crippen LogP) is 10.9. The van der Waals surface area contributed by atoms with E-state index in [1.54, 1.807) is 0 Å². The molecule has 0 aliphatic heterocycles. The second-order valence-electron chi connectivity index (χ2n) is 10.5. The Morgan fingerprint density at radius 2 is 1.31 bits per heavy atom. The molecule has 2 heterocycles. The molecule has 0 atom stereocenters. The van der Waals surface area contributed by atoms with Gasteiger partial charge in [0.2, 0.25) is 0 Å². The summed E-state index contributed by atoms with van der Waals surface area (Å²) >= 11 is 1.90. The van der Waals surface area contributed by atoms with E-state index in [0.29, 0.717) is 0 Å². The summed E-state index contributed by atoms with van der Waals surface area (Å²) in [6, 6.07) is 42.1. The Labute approximate surface area is 230 Å². The Hall–Kier alpha value is -4.40. The molecule has 0 spiro atoms. The average Bonchev–Trinajstić information content (AvgIpc) is 3.51. The lowest BCUT2D eigenvalue weighted by molar-refractivity contribution is 0.669. The molecule has 8 aromatic rings. The molecule has 8 rings (SSSR count). The number of rotatable bonds is 4. The van der Waals surface area contributed by atoms with Gasteiger partial charge in [0.15, 0.2) is 0 Å². The lowest BCUT2D eigenvalue weighted by Gasteiger charge is -2.13. The van der Waals surface area contributed by atoms with E-state index in [1.165, 1.54) is 69.5 Å². The highest BCUT2D eigenvalue weighted by molar-refractivity contribution is 7.25. The van der Waals surface area contributed by atoms with Crippen molar-refractivity contribution in [3.63, 3.8) is 0 Å². The first-order chi connectivity index (χ1) is 19.2. The molecular formula is C37H26OS. The summed E-state index contributed by atoms with van der Waals surface area (Å²) in [5, 5.41) is 7.56. The summed E-state index contributed by atoms with van der Waals surface area (Å²) in [5.74, 6) is 0. The number of aryl methyl sites for hydroxylation is 3. The molecule has 186 valence electrons. The van der Waals surface area contributed by atoms with Gasteiger partial charge >= 0.3 is 0 Å². The van der Waals surface area contributed by atoms with Crippen molar-refractivity contribution in [3.05, 3.63) is 132 Å². The van der Waals surface area contributed by atoms with Crippen LogP contribution in [0.2, 0.25) is 0 Å². The average molecular weight is 519 g/mol. The molecule has 2 aromatic heterocycles. The molecule has 0 fully saturated rings. The van der Waals surface area contributed by atoms with E-state index in [-0.39, 0.29) is 0 Å². The van der Waals surface area contributed by atoms with Crippen molar-refractivity contribution in [1.82, 2.24) is 0 Å². The maximum atomic E-state index is 6.25. The fourth-order valence-corrected chi connectivity index (χ4v) is 7.24. The van der Waals surface area contributed by atoms with Gasteiger partial charge in [-0.1, -0.05) is 72.8 Å². The first-order valence-corrected chi connectivity index (χ1v) is 14.4. The van der Waals surface area contributed by atoms with Crippen molar-refractivity contribution in [2.45, 2.75) is 19.8 Å². The van der Waals surface area contributed by atoms with Crippen LogP contribution in [0.1, 0.15) is 16.7 Å². The zero-order valence-electron chi connectivity index (χ0n) is 21.7. The number of furan rings is 1. The summed E-state index contributed by atoms with van der Waals surface area (Å²) in [6.07, 6.45) is 1.96. The van der Waals surface area contributed by atoms with Crippen LogP contribution in [-0.2, 0) is 12.8 Å². The van der Waals surface area contributed by atoms with Gasteiger partial charge in [0.1, 0.15) is 11.2 Å². The monoisotopic (exact) mass is 518 g/mol. The lowest BCUT2D eigenvalue weighted by Crippen LogP contribution is -1.96. The van der Waals surface area contributed by atoms with E-state index in [4.69, 9.17) is 4.42 Å². The van der Waals surface area contributed by atoms with Gasteiger partial charge in [0.25, 0.3) is 0 Å². The van der Waals surface area contributed by atoms with E-state index in [0.717, 1.165) is 24.0 Å². The molecule has 0 radical (unpaired) electrons. The zero-order chi connectivity index (χ0) is 25.9. The summed E-state index contributed by atoms with van der Waals surface area (Å²) in [4.78, 5) is 0. The second kappa shape index (κ2) is 8.83. The van der Waals surface area contributed by atoms with Crippen molar-refractivity contribution in [2.75, 3.05) is 0 Å². The number of benzene rings is 6. The van der Waals surface area contributed by atoms with Crippen LogP contribution in [0.3, 0.4) is 0 Å². The van der Waals surface area contributed by atoms with Crippen molar-refractivity contribution >= 4 is 64.2 Å². The Morgan fingerprint density at radius 3 is 2.21 bits per heavy atom. The van der Waals surface area contributed by atoms with Crippen LogP contribution < -0.4 is 0 Å². The Balaban J connectivity index is 1.23. The quantitative estimate of drug-likeness (QED) is 0.226. The minimum atomic E-state index is 0.955. The summed E-state index contributed by atoms with van der Waals surface area (Å²) in [5.41, 5.74) is 8.65. The van der Waals surface area contributed by atoms with Crippen molar-refractivity contribution in [2.24, 2.45) is 0 Å². The van der Waals surface area contributed by atoms with Crippen LogP contribution in [0.25, 0.3) is 64.0 Å². The van der Waals surface area contributed by atoms with Crippen LogP contribution in [0.4, 0.5) is 0 Å². The first kappa shape index (κ1) is 22.6. The highest BCUT2D eigenvalue weighted by Gasteiger charge is 2.14. The molecule has 0 unspecified atom stereocenters. The minimum Gasteiger partial charge on any atom is -0.456 e. The summed E-state index contributed by atoms with van der Waals surface area (Å²) in [7, 11) is 0. The van der Waals surface area contributed by atoms with Crippen molar-refractivity contribution < 1.29 is 4.42 Å². The van der Waals surface area contributed by atoms with Crippen LogP contribution in [0.5, 0.6) is 0 Å². The third-order valence-electron chi connectivity index (χ3n) is 8.12. The molecule has 0 amide bonds.